The number of fused-ring (bicyclic) bond motifs is 1. The summed E-state index contributed by atoms with van der Waals surface area (Å²) in [6.45, 7) is 4.69. The van der Waals surface area contributed by atoms with Crippen LogP contribution in [0.5, 0.6) is 0 Å². The molecule has 1 aliphatic carbocycles. The highest BCUT2D eigenvalue weighted by Gasteiger charge is 2.23. The lowest BCUT2D eigenvalue weighted by Crippen LogP contribution is -2.19. The van der Waals surface area contributed by atoms with Gasteiger partial charge in [0.1, 0.15) is 0 Å². The van der Waals surface area contributed by atoms with E-state index >= 15 is 0 Å². The molecule has 0 saturated heterocycles. The second kappa shape index (κ2) is 4.47. The Hall–Kier alpha value is 0.360. The largest absolute Gasteiger partial charge is 0.287 e. The highest BCUT2D eigenvalue weighted by Crippen LogP contribution is 2.33. The highest BCUT2D eigenvalue weighted by molar-refractivity contribution is 14.2. The highest BCUT2D eigenvalue weighted by atomic mass is 127. The van der Waals surface area contributed by atoms with Gasteiger partial charge in [-0.15, -0.1) is 0 Å². The lowest BCUT2D eigenvalue weighted by molar-refractivity contribution is 0.339. The molecule has 0 bridgehead atoms. The molecule has 0 fully saturated rings. The van der Waals surface area contributed by atoms with Crippen molar-refractivity contribution >= 4 is 30.3 Å². The molecule has 1 aliphatic rings. The van der Waals surface area contributed by atoms with Crippen LogP contribution in [0.15, 0.2) is 12.3 Å². The van der Waals surface area contributed by atoms with Crippen LogP contribution in [0.4, 0.5) is 0 Å². The van der Waals surface area contributed by atoms with Crippen LogP contribution in [-0.2, 0) is 12.8 Å². The number of hydrogen-bond donors (Lipinski definition) is 0. The minimum atomic E-state index is 0.825. The molecule has 1 unspecified atom stereocenters. The van der Waals surface area contributed by atoms with E-state index in [4.69, 9.17) is 0 Å². The van der Waals surface area contributed by atoms with Crippen LogP contribution < -0.4 is 0 Å². The van der Waals surface area contributed by atoms with Crippen molar-refractivity contribution in [3.05, 3.63) is 23.5 Å². The van der Waals surface area contributed by atoms with Crippen LogP contribution in [0.25, 0.3) is 0 Å². The maximum absolute atomic E-state index is 2.36. The van der Waals surface area contributed by atoms with Crippen molar-refractivity contribution in [2.75, 3.05) is 0 Å². The third kappa shape index (κ3) is 1.98. The van der Waals surface area contributed by atoms with E-state index < -0.39 is 0 Å². The predicted molar refractivity (Wildman–Crippen MR) is 71.8 cm³/mol. The zero-order valence-corrected chi connectivity index (χ0v) is 11.6. The van der Waals surface area contributed by atoms with Gasteiger partial charge in [-0.05, 0) is 42.7 Å². The van der Waals surface area contributed by atoms with Crippen LogP contribution in [0.1, 0.15) is 31.5 Å². The lowest BCUT2D eigenvalue weighted by Gasteiger charge is -2.26. The lowest BCUT2D eigenvalue weighted by atomic mass is 9.81. The molecule has 1 aromatic heterocycles. The van der Waals surface area contributed by atoms with Gasteiger partial charge in [0.2, 0.25) is 0 Å². The summed E-state index contributed by atoms with van der Waals surface area (Å²) in [4.78, 5) is 0. The first-order chi connectivity index (χ1) is 6.72. The van der Waals surface area contributed by atoms with E-state index in [1.54, 1.807) is 20.4 Å². The van der Waals surface area contributed by atoms with Gasteiger partial charge < -0.3 is 0 Å². The number of rotatable bonds is 2. The Labute approximate surface area is 102 Å². The van der Waals surface area contributed by atoms with Gasteiger partial charge in [-0.2, -0.15) is 0 Å². The van der Waals surface area contributed by atoms with Gasteiger partial charge >= 0.3 is 0 Å². The summed E-state index contributed by atoms with van der Waals surface area (Å²) in [7, 11) is 1.79. The van der Waals surface area contributed by atoms with Crippen LogP contribution in [0.3, 0.4) is 0 Å². The van der Waals surface area contributed by atoms with Crippen LogP contribution in [0, 0.1) is 11.8 Å². The molecule has 1 aromatic rings. The van der Waals surface area contributed by atoms with Gasteiger partial charge in [0.15, 0.2) is 0 Å². The first-order valence-corrected chi connectivity index (χ1v) is 8.52. The summed E-state index contributed by atoms with van der Waals surface area (Å²) in [5.74, 6) is 1.71. The Bertz CT molecular complexity index is 306. The number of halogens is 1. The van der Waals surface area contributed by atoms with Gasteiger partial charge in [-0.3, -0.25) is 3.97 Å². The number of hydrogen-bond acceptors (Lipinski definition) is 1. The zero-order valence-electron chi connectivity index (χ0n) is 8.66. The van der Waals surface area contributed by atoms with Crippen molar-refractivity contribution in [2.24, 2.45) is 11.8 Å². The van der Waals surface area contributed by atoms with Crippen molar-refractivity contribution in [1.29, 1.82) is 0 Å². The van der Waals surface area contributed by atoms with Crippen molar-refractivity contribution < 1.29 is 0 Å². The standard InChI is InChI=1S/C11H16INS/c1-8(2)10-4-3-9-5-6-13(14-12)11(9)7-10/h5-6,8,10H,3-4,7H2,1-2H3. The first kappa shape index (κ1) is 10.9. The molecule has 0 spiro atoms. The molecule has 78 valence electrons. The van der Waals surface area contributed by atoms with E-state index in [0.717, 1.165) is 11.8 Å². The smallest absolute Gasteiger partial charge is 0.0335 e. The molecule has 0 amide bonds. The Morgan fingerprint density at radius 3 is 3.00 bits per heavy atom. The fourth-order valence-corrected chi connectivity index (χ4v) is 3.75. The second-order valence-electron chi connectivity index (χ2n) is 4.43. The third-order valence-electron chi connectivity index (χ3n) is 3.30. The Morgan fingerprint density at radius 2 is 2.36 bits per heavy atom. The Morgan fingerprint density at radius 1 is 1.57 bits per heavy atom. The molecule has 0 N–H and O–H groups in total. The van der Waals surface area contributed by atoms with Crippen molar-refractivity contribution in [3.63, 3.8) is 0 Å². The van der Waals surface area contributed by atoms with E-state index in [-0.39, 0.29) is 0 Å². The van der Waals surface area contributed by atoms with Gasteiger partial charge in [0, 0.05) is 42.2 Å². The fraction of sp³-hybridized carbons (Fsp3) is 0.636. The normalized spacial score (nSPS) is 21.3. The summed E-state index contributed by atoms with van der Waals surface area (Å²) in [6, 6.07) is 2.29. The van der Waals surface area contributed by atoms with E-state index in [0.29, 0.717) is 0 Å². The molecule has 0 radical (unpaired) electrons. The zero-order chi connectivity index (χ0) is 10.1. The van der Waals surface area contributed by atoms with Gasteiger partial charge in [0.25, 0.3) is 0 Å². The summed E-state index contributed by atoms with van der Waals surface area (Å²) >= 11 is 2.36. The van der Waals surface area contributed by atoms with E-state index in [9.17, 15) is 0 Å². The molecule has 1 heterocycles. The third-order valence-corrected chi connectivity index (χ3v) is 5.07. The fourth-order valence-electron chi connectivity index (χ4n) is 2.26. The average molecular weight is 321 g/mol. The quantitative estimate of drug-likeness (QED) is 0.743. The molecule has 2 rings (SSSR count). The molecule has 0 saturated carbocycles. The summed E-state index contributed by atoms with van der Waals surface area (Å²) in [6.07, 6.45) is 6.14. The molecule has 14 heavy (non-hydrogen) atoms. The Balaban J connectivity index is 2.23. The maximum atomic E-state index is 2.36. The number of aryl methyl sites for hydroxylation is 1. The maximum Gasteiger partial charge on any atom is 0.0335 e. The summed E-state index contributed by atoms with van der Waals surface area (Å²) in [5.41, 5.74) is 3.14. The average Bonchev–Trinajstić information content (AvgIpc) is 2.59. The first-order valence-electron chi connectivity index (χ1n) is 5.20. The SMILES string of the molecule is CC(C)C1CCc2ccn(SI)c2C1. The molecule has 3 heteroatoms. The minimum Gasteiger partial charge on any atom is -0.287 e. The molecular formula is C11H16INS. The van der Waals surface area contributed by atoms with Crippen LogP contribution >= 0.6 is 30.3 Å². The second-order valence-corrected chi connectivity index (χ2v) is 6.14. The van der Waals surface area contributed by atoms with E-state index in [1.165, 1.54) is 19.3 Å². The van der Waals surface area contributed by atoms with Gasteiger partial charge in [-0.25, -0.2) is 0 Å². The summed E-state index contributed by atoms with van der Waals surface area (Å²) < 4.78 is 2.32. The number of nitrogens with zero attached hydrogens (tertiary/aromatic N) is 1. The minimum absolute atomic E-state index is 0.825. The predicted octanol–water partition coefficient (Wildman–Crippen LogP) is 4.10. The van der Waals surface area contributed by atoms with Crippen LogP contribution in [-0.4, -0.2) is 3.97 Å². The molecular weight excluding hydrogens is 305 g/mol. The Kier molecular flexibility index (Phi) is 3.47. The summed E-state index contributed by atoms with van der Waals surface area (Å²) in [5, 5.41) is 0. The van der Waals surface area contributed by atoms with Crippen molar-refractivity contribution in [2.45, 2.75) is 33.1 Å². The van der Waals surface area contributed by atoms with E-state index in [1.807, 2.05) is 0 Å². The molecule has 0 aromatic carbocycles. The van der Waals surface area contributed by atoms with E-state index in [2.05, 4.69) is 51.3 Å². The van der Waals surface area contributed by atoms with Gasteiger partial charge in [-0.1, -0.05) is 13.8 Å². The van der Waals surface area contributed by atoms with Gasteiger partial charge in [0.05, 0.1) is 0 Å². The molecule has 1 nitrogen and oxygen atoms in total. The molecule has 1 atom stereocenters. The monoisotopic (exact) mass is 321 g/mol. The number of aromatic nitrogens is 1. The van der Waals surface area contributed by atoms with Crippen molar-refractivity contribution in [1.82, 2.24) is 3.97 Å². The van der Waals surface area contributed by atoms with Crippen LogP contribution in [0.2, 0.25) is 0 Å². The topological polar surface area (TPSA) is 4.93 Å². The molecule has 0 aliphatic heterocycles. The van der Waals surface area contributed by atoms with Crippen molar-refractivity contribution in [3.8, 4) is 0 Å².